The Balaban J connectivity index is 1.91. The summed E-state index contributed by atoms with van der Waals surface area (Å²) in [4.78, 5) is 25.4. The van der Waals surface area contributed by atoms with Gasteiger partial charge in [-0.15, -0.1) is 6.58 Å². The Hall–Kier alpha value is -2.34. The molecule has 0 spiro atoms. The quantitative estimate of drug-likeness (QED) is 0.739. The van der Waals surface area contributed by atoms with Gasteiger partial charge in [0.1, 0.15) is 0 Å². The van der Waals surface area contributed by atoms with E-state index >= 15 is 0 Å². The maximum absolute atomic E-state index is 12.1. The molecule has 1 heterocycles. The van der Waals surface area contributed by atoms with E-state index in [1.165, 1.54) is 0 Å². The smallest absolute Gasteiger partial charge is 0.321 e. The number of rotatable bonds is 4. The van der Waals surface area contributed by atoms with E-state index in [0.29, 0.717) is 30.9 Å². The molecule has 1 saturated heterocycles. The minimum atomic E-state index is -0.449. The number of β-amino-alcohol motifs (C(OH)–C–C–N with tert-alkyl or cyclic N) is 1. The lowest BCUT2D eigenvalue weighted by Gasteiger charge is -2.30. The molecule has 6 heteroatoms. The van der Waals surface area contributed by atoms with Crippen molar-refractivity contribution in [2.24, 2.45) is 0 Å². The van der Waals surface area contributed by atoms with Crippen LogP contribution < -0.4 is 10.6 Å². The Labute approximate surface area is 129 Å². The molecule has 1 aliphatic heterocycles. The molecule has 3 amide bonds. The molecule has 1 unspecified atom stereocenters. The Bertz CT molecular complexity index is 542. The number of likely N-dealkylation sites (tertiary alicyclic amines) is 1. The highest BCUT2D eigenvalue weighted by Crippen LogP contribution is 2.14. The second-order valence-electron chi connectivity index (χ2n) is 5.25. The zero-order chi connectivity index (χ0) is 15.9. The average molecular weight is 303 g/mol. The summed E-state index contributed by atoms with van der Waals surface area (Å²) in [6, 6.07) is 6.43. The first kappa shape index (κ1) is 16.0. The number of carbonyl (C=O) groups is 2. The number of carbonyl (C=O) groups excluding carboxylic acids is 2. The SMILES string of the molecule is C=CCNC(=O)c1ccc(NC(=O)N2CCCC(O)C2)cc1. The van der Waals surface area contributed by atoms with E-state index in [9.17, 15) is 14.7 Å². The van der Waals surface area contributed by atoms with Gasteiger partial charge in [0.15, 0.2) is 0 Å². The highest BCUT2D eigenvalue weighted by Gasteiger charge is 2.21. The second kappa shape index (κ2) is 7.61. The van der Waals surface area contributed by atoms with Crippen LogP contribution in [0.1, 0.15) is 23.2 Å². The summed E-state index contributed by atoms with van der Waals surface area (Å²) in [6.07, 6.45) is 2.70. The molecule has 6 nitrogen and oxygen atoms in total. The zero-order valence-corrected chi connectivity index (χ0v) is 12.4. The number of benzene rings is 1. The van der Waals surface area contributed by atoms with Crippen LogP contribution in [-0.4, -0.2) is 47.7 Å². The molecule has 0 bridgehead atoms. The Morgan fingerprint density at radius 1 is 1.36 bits per heavy atom. The van der Waals surface area contributed by atoms with E-state index in [4.69, 9.17) is 0 Å². The maximum Gasteiger partial charge on any atom is 0.321 e. The summed E-state index contributed by atoms with van der Waals surface area (Å²) in [7, 11) is 0. The van der Waals surface area contributed by atoms with Crippen LogP contribution in [0, 0.1) is 0 Å². The largest absolute Gasteiger partial charge is 0.391 e. The Kier molecular flexibility index (Phi) is 5.55. The third-order valence-electron chi connectivity index (χ3n) is 3.49. The molecule has 118 valence electrons. The molecule has 1 fully saturated rings. The van der Waals surface area contributed by atoms with Crippen molar-refractivity contribution in [1.29, 1.82) is 0 Å². The molecule has 22 heavy (non-hydrogen) atoms. The molecular formula is C16H21N3O3. The molecule has 0 aromatic heterocycles. The molecule has 1 atom stereocenters. The van der Waals surface area contributed by atoms with Crippen LogP contribution in [-0.2, 0) is 0 Å². The molecular weight excluding hydrogens is 282 g/mol. The van der Waals surface area contributed by atoms with Crippen molar-refractivity contribution in [1.82, 2.24) is 10.2 Å². The highest BCUT2D eigenvalue weighted by molar-refractivity contribution is 5.95. The highest BCUT2D eigenvalue weighted by atomic mass is 16.3. The van der Waals surface area contributed by atoms with Crippen molar-refractivity contribution in [2.75, 3.05) is 25.0 Å². The lowest BCUT2D eigenvalue weighted by Crippen LogP contribution is -2.44. The van der Waals surface area contributed by atoms with E-state index < -0.39 is 6.10 Å². The van der Waals surface area contributed by atoms with Crippen molar-refractivity contribution >= 4 is 17.6 Å². The van der Waals surface area contributed by atoms with Gasteiger partial charge in [-0.1, -0.05) is 6.08 Å². The molecule has 0 aliphatic carbocycles. The molecule has 1 aliphatic rings. The number of urea groups is 1. The summed E-state index contributed by atoms with van der Waals surface area (Å²) in [5, 5.41) is 15.0. The summed E-state index contributed by atoms with van der Waals surface area (Å²) in [6.45, 7) is 4.95. The molecule has 3 N–H and O–H groups in total. The van der Waals surface area contributed by atoms with Crippen molar-refractivity contribution in [3.8, 4) is 0 Å². The minimum absolute atomic E-state index is 0.183. The van der Waals surface area contributed by atoms with Gasteiger partial charge in [-0.05, 0) is 37.1 Å². The number of nitrogens with one attached hydrogen (secondary N) is 2. The molecule has 2 rings (SSSR count). The first-order valence-electron chi connectivity index (χ1n) is 7.33. The van der Waals surface area contributed by atoms with E-state index in [1.54, 1.807) is 35.2 Å². The fourth-order valence-electron chi connectivity index (χ4n) is 2.31. The van der Waals surface area contributed by atoms with Gasteiger partial charge in [-0.3, -0.25) is 4.79 Å². The van der Waals surface area contributed by atoms with E-state index in [1.807, 2.05) is 0 Å². The van der Waals surface area contributed by atoms with Gasteiger partial charge >= 0.3 is 6.03 Å². The summed E-state index contributed by atoms with van der Waals surface area (Å²) >= 11 is 0. The molecule has 0 saturated carbocycles. The van der Waals surface area contributed by atoms with E-state index in [0.717, 1.165) is 12.8 Å². The standard InChI is InChI=1S/C16H21N3O3/c1-2-9-17-15(21)12-5-7-13(8-6-12)18-16(22)19-10-3-4-14(20)11-19/h2,5-8,14,20H,1,3-4,9-11H2,(H,17,21)(H,18,22). The summed E-state index contributed by atoms with van der Waals surface area (Å²) in [5.41, 5.74) is 1.14. The lowest BCUT2D eigenvalue weighted by molar-refractivity contribution is 0.0883. The maximum atomic E-state index is 12.1. The van der Waals surface area contributed by atoms with Gasteiger partial charge in [-0.25, -0.2) is 4.79 Å². The topological polar surface area (TPSA) is 81.7 Å². The number of piperidine rings is 1. The second-order valence-corrected chi connectivity index (χ2v) is 5.25. The fourth-order valence-corrected chi connectivity index (χ4v) is 2.31. The van der Waals surface area contributed by atoms with Crippen molar-refractivity contribution in [3.05, 3.63) is 42.5 Å². The fraction of sp³-hybridized carbons (Fsp3) is 0.375. The van der Waals surface area contributed by atoms with Crippen LogP contribution in [0.4, 0.5) is 10.5 Å². The van der Waals surface area contributed by atoms with E-state index in [2.05, 4.69) is 17.2 Å². The monoisotopic (exact) mass is 303 g/mol. The van der Waals surface area contributed by atoms with Gasteiger partial charge in [-0.2, -0.15) is 0 Å². The lowest BCUT2D eigenvalue weighted by atomic mass is 10.1. The third-order valence-corrected chi connectivity index (χ3v) is 3.49. The Morgan fingerprint density at radius 2 is 2.09 bits per heavy atom. The summed E-state index contributed by atoms with van der Waals surface area (Å²) < 4.78 is 0. The number of aliphatic hydroxyl groups excluding tert-OH is 1. The predicted octanol–water partition coefficient (Wildman–Crippen LogP) is 1.59. The molecule has 0 radical (unpaired) electrons. The van der Waals surface area contributed by atoms with Crippen LogP contribution in [0.25, 0.3) is 0 Å². The first-order valence-corrected chi connectivity index (χ1v) is 7.33. The molecule has 1 aromatic carbocycles. The van der Waals surface area contributed by atoms with Gasteiger partial charge in [0.2, 0.25) is 0 Å². The number of amides is 3. The third kappa shape index (κ3) is 4.33. The normalized spacial score (nSPS) is 17.7. The first-order chi connectivity index (χ1) is 10.6. The minimum Gasteiger partial charge on any atom is -0.391 e. The summed E-state index contributed by atoms with van der Waals surface area (Å²) in [5.74, 6) is -0.183. The number of aliphatic hydroxyl groups is 1. The van der Waals surface area contributed by atoms with Crippen LogP contribution in [0.5, 0.6) is 0 Å². The van der Waals surface area contributed by atoms with Crippen LogP contribution >= 0.6 is 0 Å². The Morgan fingerprint density at radius 3 is 2.73 bits per heavy atom. The van der Waals surface area contributed by atoms with Crippen LogP contribution in [0.3, 0.4) is 0 Å². The van der Waals surface area contributed by atoms with Gasteiger partial charge in [0, 0.05) is 30.9 Å². The number of hydrogen-bond acceptors (Lipinski definition) is 3. The van der Waals surface area contributed by atoms with Crippen LogP contribution in [0.2, 0.25) is 0 Å². The van der Waals surface area contributed by atoms with Gasteiger partial charge in [0.25, 0.3) is 5.91 Å². The number of hydrogen-bond donors (Lipinski definition) is 3. The molecule has 1 aromatic rings. The van der Waals surface area contributed by atoms with Crippen molar-refractivity contribution in [2.45, 2.75) is 18.9 Å². The average Bonchev–Trinajstić information content (AvgIpc) is 2.53. The van der Waals surface area contributed by atoms with E-state index in [-0.39, 0.29) is 11.9 Å². The van der Waals surface area contributed by atoms with Crippen molar-refractivity contribution in [3.63, 3.8) is 0 Å². The zero-order valence-electron chi connectivity index (χ0n) is 12.4. The van der Waals surface area contributed by atoms with Crippen LogP contribution in [0.15, 0.2) is 36.9 Å². The predicted molar refractivity (Wildman–Crippen MR) is 84.8 cm³/mol. The van der Waals surface area contributed by atoms with Crippen molar-refractivity contribution < 1.29 is 14.7 Å². The van der Waals surface area contributed by atoms with Gasteiger partial charge < -0.3 is 20.6 Å². The number of nitrogens with zero attached hydrogens (tertiary/aromatic N) is 1. The number of anilines is 1. The van der Waals surface area contributed by atoms with Gasteiger partial charge in [0.05, 0.1) is 6.10 Å².